The molecule has 0 aliphatic carbocycles. The van der Waals surface area contributed by atoms with Gasteiger partial charge in [-0.3, -0.25) is 4.79 Å². The maximum absolute atomic E-state index is 11.9. The molecular weight excluding hydrogens is 208 g/mol. The van der Waals surface area contributed by atoms with E-state index in [1.165, 1.54) is 16.9 Å². The highest BCUT2D eigenvalue weighted by molar-refractivity contribution is 5.91. The van der Waals surface area contributed by atoms with E-state index in [4.69, 9.17) is 5.73 Å². The second-order valence-electron chi connectivity index (χ2n) is 3.84. The van der Waals surface area contributed by atoms with Gasteiger partial charge in [-0.05, 0) is 25.3 Å². The molecule has 1 aliphatic heterocycles. The third-order valence-electron chi connectivity index (χ3n) is 2.66. The highest BCUT2D eigenvalue weighted by Crippen LogP contribution is 2.10. The maximum atomic E-state index is 11.9. The first-order chi connectivity index (χ1) is 7.68. The number of aromatic nitrogens is 2. The van der Waals surface area contributed by atoms with Gasteiger partial charge in [-0.1, -0.05) is 0 Å². The van der Waals surface area contributed by atoms with E-state index in [1.807, 2.05) is 0 Å². The van der Waals surface area contributed by atoms with Crippen molar-refractivity contribution >= 4 is 11.9 Å². The zero-order valence-electron chi connectivity index (χ0n) is 8.93. The molecule has 2 amide bonds. The fourth-order valence-electron chi connectivity index (χ4n) is 1.79. The summed E-state index contributed by atoms with van der Waals surface area (Å²) in [7, 11) is 0. The molecule has 1 saturated heterocycles. The monoisotopic (exact) mass is 222 g/mol. The number of carbonyl (C=O) groups excluding carboxylic acids is 2. The summed E-state index contributed by atoms with van der Waals surface area (Å²) >= 11 is 0. The summed E-state index contributed by atoms with van der Waals surface area (Å²) in [6.45, 7) is 1.51. The number of primary amides is 1. The number of rotatable bonds is 1. The van der Waals surface area contributed by atoms with E-state index >= 15 is 0 Å². The minimum Gasteiger partial charge on any atom is -0.364 e. The molecule has 86 valence electrons. The Morgan fingerprint density at radius 1 is 1.25 bits per heavy atom. The molecule has 6 heteroatoms. The second-order valence-corrected chi connectivity index (χ2v) is 3.84. The Bertz CT molecular complexity index is 407. The van der Waals surface area contributed by atoms with Crippen molar-refractivity contribution < 1.29 is 9.59 Å². The fourth-order valence-corrected chi connectivity index (χ4v) is 1.79. The Hall–Kier alpha value is -1.85. The number of nitrogens with two attached hydrogens (primary N) is 1. The largest absolute Gasteiger partial charge is 0.364 e. The van der Waals surface area contributed by atoms with Crippen LogP contribution < -0.4 is 5.73 Å². The van der Waals surface area contributed by atoms with Gasteiger partial charge < -0.3 is 10.6 Å². The van der Waals surface area contributed by atoms with Crippen molar-refractivity contribution in [2.24, 2.45) is 5.73 Å². The number of carbonyl (C=O) groups is 2. The van der Waals surface area contributed by atoms with Gasteiger partial charge in [0.25, 0.3) is 5.91 Å². The van der Waals surface area contributed by atoms with Crippen molar-refractivity contribution in [1.29, 1.82) is 0 Å². The van der Waals surface area contributed by atoms with E-state index in [1.54, 1.807) is 4.90 Å². The molecule has 6 nitrogen and oxygen atoms in total. The third kappa shape index (κ3) is 2.05. The van der Waals surface area contributed by atoms with Crippen molar-refractivity contribution in [3.63, 3.8) is 0 Å². The Morgan fingerprint density at radius 2 is 1.94 bits per heavy atom. The average Bonchev–Trinajstić information content (AvgIpc) is 2.78. The van der Waals surface area contributed by atoms with Gasteiger partial charge in [0.15, 0.2) is 5.69 Å². The molecule has 1 aromatic heterocycles. The molecule has 0 atom stereocenters. The Balaban J connectivity index is 2.10. The van der Waals surface area contributed by atoms with Gasteiger partial charge in [0.2, 0.25) is 0 Å². The van der Waals surface area contributed by atoms with Crippen molar-refractivity contribution in [3.05, 3.63) is 18.0 Å². The van der Waals surface area contributed by atoms with Gasteiger partial charge in [0, 0.05) is 19.3 Å². The van der Waals surface area contributed by atoms with Crippen LogP contribution in [0.2, 0.25) is 0 Å². The fraction of sp³-hybridized carbons (Fsp3) is 0.500. The molecule has 0 radical (unpaired) electrons. The van der Waals surface area contributed by atoms with E-state index in [0.29, 0.717) is 0 Å². The van der Waals surface area contributed by atoms with Crippen LogP contribution in [0.15, 0.2) is 12.3 Å². The molecule has 16 heavy (non-hydrogen) atoms. The van der Waals surface area contributed by atoms with Crippen LogP contribution in [0.1, 0.15) is 29.8 Å². The predicted octanol–water partition coefficient (Wildman–Crippen LogP) is 0.436. The minimum atomic E-state index is -0.620. The quantitative estimate of drug-likeness (QED) is 0.748. The van der Waals surface area contributed by atoms with Crippen molar-refractivity contribution in [1.82, 2.24) is 14.7 Å². The number of piperidine rings is 1. The topological polar surface area (TPSA) is 81.2 Å². The molecule has 1 fully saturated rings. The summed E-state index contributed by atoms with van der Waals surface area (Å²) in [5, 5.41) is 3.84. The molecule has 1 aromatic rings. The van der Waals surface area contributed by atoms with Gasteiger partial charge >= 0.3 is 6.03 Å². The standard InChI is InChI=1S/C10H14N4O2/c11-9(15)8-4-7-14(12-8)10(16)13-5-2-1-3-6-13/h4,7H,1-3,5-6H2,(H2,11,15). The smallest absolute Gasteiger partial charge is 0.344 e. The van der Waals surface area contributed by atoms with E-state index in [-0.39, 0.29) is 11.7 Å². The lowest BCUT2D eigenvalue weighted by Gasteiger charge is -2.25. The highest BCUT2D eigenvalue weighted by Gasteiger charge is 2.19. The third-order valence-corrected chi connectivity index (χ3v) is 2.66. The molecular formula is C10H14N4O2. The SMILES string of the molecule is NC(=O)c1ccn(C(=O)N2CCCCC2)n1. The lowest BCUT2D eigenvalue weighted by atomic mass is 10.1. The zero-order chi connectivity index (χ0) is 11.5. The molecule has 2 N–H and O–H groups in total. The molecule has 0 unspecified atom stereocenters. The number of hydrogen-bond acceptors (Lipinski definition) is 3. The molecule has 2 heterocycles. The van der Waals surface area contributed by atoms with Crippen LogP contribution >= 0.6 is 0 Å². The van der Waals surface area contributed by atoms with Gasteiger partial charge in [0.05, 0.1) is 0 Å². The van der Waals surface area contributed by atoms with Crippen LogP contribution in [0, 0.1) is 0 Å². The first-order valence-electron chi connectivity index (χ1n) is 5.33. The second kappa shape index (κ2) is 4.34. The molecule has 0 bridgehead atoms. The van der Waals surface area contributed by atoms with Gasteiger partial charge in [-0.25, -0.2) is 4.79 Å². The Kier molecular flexibility index (Phi) is 2.89. The molecule has 0 aromatic carbocycles. The Labute approximate surface area is 93.0 Å². The van der Waals surface area contributed by atoms with E-state index < -0.39 is 5.91 Å². The molecule has 1 aliphatic rings. The van der Waals surface area contributed by atoms with E-state index in [0.717, 1.165) is 32.4 Å². The van der Waals surface area contributed by atoms with Gasteiger partial charge in [-0.15, -0.1) is 0 Å². The lowest BCUT2D eigenvalue weighted by molar-refractivity contribution is 0.0995. The molecule has 0 saturated carbocycles. The first kappa shape index (κ1) is 10.7. The normalized spacial score (nSPS) is 16.1. The van der Waals surface area contributed by atoms with Crippen LogP contribution in [-0.4, -0.2) is 39.7 Å². The van der Waals surface area contributed by atoms with Gasteiger partial charge in [-0.2, -0.15) is 9.78 Å². The highest BCUT2D eigenvalue weighted by atomic mass is 16.2. The van der Waals surface area contributed by atoms with E-state index in [2.05, 4.69) is 5.10 Å². The summed E-state index contributed by atoms with van der Waals surface area (Å²) in [4.78, 5) is 24.5. The lowest BCUT2D eigenvalue weighted by Crippen LogP contribution is -2.38. The van der Waals surface area contributed by atoms with Crippen molar-refractivity contribution in [3.8, 4) is 0 Å². The van der Waals surface area contributed by atoms with Crippen molar-refractivity contribution in [2.45, 2.75) is 19.3 Å². The average molecular weight is 222 g/mol. The number of hydrogen-bond donors (Lipinski definition) is 1. The summed E-state index contributed by atoms with van der Waals surface area (Å²) in [5.74, 6) is -0.620. The summed E-state index contributed by atoms with van der Waals surface area (Å²) in [5.41, 5.74) is 5.18. The summed E-state index contributed by atoms with van der Waals surface area (Å²) < 4.78 is 1.17. The molecule has 0 spiro atoms. The van der Waals surface area contributed by atoms with Crippen LogP contribution in [0.3, 0.4) is 0 Å². The Morgan fingerprint density at radius 3 is 2.50 bits per heavy atom. The number of amides is 2. The van der Waals surface area contributed by atoms with Crippen molar-refractivity contribution in [2.75, 3.05) is 13.1 Å². The molecule has 2 rings (SSSR count). The van der Waals surface area contributed by atoms with Gasteiger partial charge in [0.1, 0.15) is 0 Å². The number of likely N-dealkylation sites (tertiary alicyclic amines) is 1. The predicted molar refractivity (Wildman–Crippen MR) is 57.0 cm³/mol. The first-order valence-corrected chi connectivity index (χ1v) is 5.33. The maximum Gasteiger partial charge on any atom is 0.344 e. The zero-order valence-corrected chi connectivity index (χ0v) is 8.93. The van der Waals surface area contributed by atoms with Crippen LogP contribution in [-0.2, 0) is 0 Å². The van der Waals surface area contributed by atoms with E-state index in [9.17, 15) is 9.59 Å². The van der Waals surface area contributed by atoms with Crippen LogP contribution in [0.25, 0.3) is 0 Å². The van der Waals surface area contributed by atoms with Crippen LogP contribution in [0.5, 0.6) is 0 Å². The summed E-state index contributed by atoms with van der Waals surface area (Å²) in [6.07, 6.45) is 4.68. The number of nitrogens with zero attached hydrogens (tertiary/aromatic N) is 3. The summed E-state index contributed by atoms with van der Waals surface area (Å²) in [6, 6.07) is 1.26. The minimum absolute atomic E-state index is 0.116. The van der Waals surface area contributed by atoms with Crippen LogP contribution in [0.4, 0.5) is 4.79 Å².